The van der Waals surface area contributed by atoms with Crippen molar-refractivity contribution in [2.24, 2.45) is 0 Å². The molecule has 0 aromatic carbocycles. The van der Waals surface area contributed by atoms with Gasteiger partial charge in [0.1, 0.15) is 5.78 Å². The Kier molecular flexibility index (Phi) is 30.6. The number of allylic oxidation sites excluding steroid dienone is 2. The Morgan fingerprint density at radius 3 is 1.27 bits per heavy atom. The minimum atomic E-state index is -1.04. The molecule has 0 aliphatic rings. The zero-order valence-corrected chi connectivity index (χ0v) is 31.3. The molecule has 5 heteroatoms. The lowest BCUT2D eigenvalue weighted by molar-refractivity contribution is -0.883. The summed E-state index contributed by atoms with van der Waals surface area (Å²) in [6.45, 7) is 4.54. The molecule has 0 aliphatic heterocycles. The molecular weight excluding hydrogens is 561 g/mol. The lowest BCUT2D eigenvalue weighted by Gasteiger charge is -2.36. The molecule has 0 bridgehead atoms. The normalized spacial score (nSPS) is 13.8. The molecular formula is C39H77NO3P+. The number of unbranched alkanes of at least 4 members (excludes halogenated alkanes) is 23. The third-order valence-electron chi connectivity index (χ3n) is 8.96. The quantitative estimate of drug-likeness (QED) is 0.0330. The molecule has 0 aromatic heterocycles. The maximum absolute atomic E-state index is 12.9. The molecule has 44 heavy (non-hydrogen) atoms. The van der Waals surface area contributed by atoms with Crippen molar-refractivity contribution >= 4 is 19.9 Å². The van der Waals surface area contributed by atoms with Gasteiger partial charge in [-0.05, 0) is 38.5 Å². The number of quaternary nitrogens is 1. The van der Waals surface area contributed by atoms with Crippen LogP contribution in [0.2, 0.25) is 0 Å². The summed E-state index contributed by atoms with van der Waals surface area (Å²) in [7, 11) is 5.98. The van der Waals surface area contributed by atoms with E-state index in [-0.39, 0.29) is 25.7 Å². The van der Waals surface area contributed by atoms with Crippen LogP contribution in [-0.4, -0.2) is 53.9 Å². The Bertz CT molecular complexity index is 687. The molecule has 0 aromatic rings. The minimum absolute atomic E-state index is 0.00713. The Morgan fingerprint density at radius 2 is 0.886 bits per heavy atom. The van der Waals surface area contributed by atoms with Gasteiger partial charge in [0.2, 0.25) is 0 Å². The second-order valence-electron chi connectivity index (χ2n) is 14.4. The predicted molar refractivity (Wildman–Crippen MR) is 196 cm³/mol. The van der Waals surface area contributed by atoms with E-state index >= 15 is 0 Å². The Labute approximate surface area is 277 Å². The Balaban J connectivity index is 3.97. The summed E-state index contributed by atoms with van der Waals surface area (Å²) in [4.78, 5) is 25.7. The molecule has 4 nitrogen and oxygen atoms in total. The molecule has 0 spiro atoms. The van der Waals surface area contributed by atoms with Crippen molar-refractivity contribution in [1.29, 1.82) is 0 Å². The summed E-state index contributed by atoms with van der Waals surface area (Å²) in [5, 5.41) is 10.9. The monoisotopic (exact) mass is 639 g/mol. The van der Waals surface area contributed by atoms with Crippen LogP contribution in [0.1, 0.15) is 194 Å². The fourth-order valence-electron chi connectivity index (χ4n) is 5.93. The van der Waals surface area contributed by atoms with Crippen LogP contribution in [0.5, 0.6) is 0 Å². The first-order valence-corrected chi connectivity index (χ1v) is 20.3. The van der Waals surface area contributed by atoms with E-state index in [1.54, 1.807) is 0 Å². The molecule has 0 rings (SSSR count). The van der Waals surface area contributed by atoms with Gasteiger partial charge in [-0.2, -0.15) is 0 Å². The first-order chi connectivity index (χ1) is 21.2. The zero-order valence-electron chi connectivity index (χ0n) is 30.3. The van der Waals surface area contributed by atoms with Crippen molar-refractivity contribution in [2.45, 2.75) is 206 Å². The molecule has 0 fully saturated rings. The predicted octanol–water partition coefficient (Wildman–Crippen LogP) is 11.7. The lowest BCUT2D eigenvalue weighted by atomic mass is 10.0. The third-order valence-corrected chi connectivity index (χ3v) is 10.9. The van der Waals surface area contributed by atoms with Crippen molar-refractivity contribution in [3.05, 3.63) is 12.2 Å². The first-order valence-electron chi connectivity index (χ1n) is 19.2. The number of Topliss-reactive ketones (excluding diaryl/α,β-unsaturated/α-hetero) is 1. The van der Waals surface area contributed by atoms with Crippen LogP contribution in [0, 0.1) is 0 Å². The van der Waals surface area contributed by atoms with E-state index in [0.717, 1.165) is 38.5 Å². The summed E-state index contributed by atoms with van der Waals surface area (Å²) in [6.07, 6.45) is 37.5. The summed E-state index contributed by atoms with van der Waals surface area (Å²) >= 11 is 0. The molecule has 0 heterocycles. The van der Waals surface area contributed by atoms with Crippen LogP contribution < -0.4 is 0 Å². The van der Waals surface area contributed by atoms with Gasteiger partial charge in [0.05, 0.1) is 21.1 Å². The summed E-state index contributed by atoms with van der Waals surface area (Å²) in [6, 6.07) is 0. The molecule has 260 valence electrons. The van der Waals surface area contributed by atoms with E-state index in [1.807, 2.05) is 21.1 Å². The molecule has 0 saturated heterocycles. The van der Waals surface area contributed by atoms with E-state index in [2.05, 4.69) is 26.0 Å². The van der Waals surface area contributed by atoms with E-state index in [4.69, 9.17) is 0 Å². The third kappa shape index (κ3) is 27.7. The molecule has 3 atom stereocenters. The van der Waals surface area contributed by atoms with E-state index in [1.165, 1.54) is 128 Å². The van der Waals surface area contributed by atoms with E-state index in [0.29, 0.717) is 17.3 Å². The van der Waals surface area contributed by atoms with E-state index < -0.39 is 6.10 Å². The number of ketones is 1. The topological polar surface area (TPSA) is 54.4 Å². The van der Waals surface area contributed by atoms with Gasteiger partial charge in [-0.3, -0.25) is 9.59 Å². The molecule has 0 saturated carbocycles. The number of hydrogen-bond acceptors (Lipinski definition) is 3. The fourth-order valence-corrected chi connectivity index (χ4v) is 7.31. The number of likely N-dealkylation sites (N-methyl/N-ethyl adjacent to an activating group) is 1. The van der Waals surface area contributed by atoms with Gasteiger partial charge >= 0.3 is 0 Å². The summed E-state index contributed by atoms with van der Waals surface area (Å²) in [5.41, 5.74) is 0.221. The number of hydrogen-bond donors (Lipinski definition) is 1. The standard InChI is InChI=1S/C39H77NO3P/c1-6-8-10-12-14-16-18-20-21-23-24-26-28-30-32-34-36(41)38(43)39(40(3,4)5)44-37(42)35-33-31-29-27-25-22-19-17-15-13-11-9-7-2/h20-21,38-39,43-44H,6-19,22-35H2,1-5H3/q+1/b21-20-. The average molecular weight is 639 g/mol. The summed E-state index contributed by atoms with van der Waals surface area (Å²) in [5.74, 6) is -0.415. The van der Waals surface area contributed by atoms with Crippen molar-refractivity contribution < 1.29 is 19.2 Å². The number of carbonyl (C=O) groups is 2. The van der Waals surface area contributed by atoms with Crippen LogP contribution >= 0.6 is 8.58 Å². The number of rotatable bonds is 34. The smallest absolute Gasteiger partial charge is 0.168 e. The first kappa shape index (κ1) is 43.4. The lowest BCUT2D eigenvalue weighted by Crippen LogP contribution is -2.52. The van der Waals surface area contributed by atoms with Gasteiger partial charge in [-0.1, -0.05) is 154 Å². The minimum Gasteiger partial charge on any atom is -0.379 e. The Morgan fingerprint density at radius 1 is 0.545 bits per heavy atom. The number of aliphatic hydroxyl groups excluding tert-OH is 1. The van der Waals surface area contributed by atoms with E-state index in [9.17, 15) is 14.7 Å². The van der Waals surface area contributed by atoms with Crippen molar-refractivity contribution in [3.8, 4) is 0 Å². The fraction of sp³-hybridized carbons (Fsp3) is 0.897. The molecule has 3 unspecified atom stereocenters. The van der Waals surface area contributed by atoms with Crippen molar-refractivity contribution in [3.63, 3.8) is 0 Å². The molecule has 0 amide bonds. The van der Waals surface area contributed by atoms with Gasteiger partial charge in [0.25, 0.3) is 0 Å². The highest BCUT2D eigenvalue weighted by Gasteiger charge is 2.37. The highest BCUT2D eigenvalue weighted by molar-refractivity contribution is 7.58. The molecule has 1 N–H and O–H groups in total. The SMILES string of the molecule is CCCCCCCC/C=C\CCCCCCCC(=O)C(O)C(PC(=O)CCCCCCCCCCCCCCC)[N+](C)(C)C. The second-order valence-corrected chi connectivity index (χ2v) is 15.8. The van der Waals surface area contributed by atoms with Crippen molar-refractivity contribution in [1.82, 2.24) is 0 Å². The van der Waals surface area contributed by atoms with Gasteiger partial charge in [0.15, 0.2) is 17.4 Å². The molecule has 0 radical (unpaired) electrons. The van der Waals surface area contributed by atoms with Gasteiger partial charge in [-0.25, -0.2) is 0 Å². The van der Waals surface area contributed by atoms with Crippen LogP contribution in [-0.2, 0) is 9.59 Å². The maximum Gasteiger partial charge on any atom is 0.168 e. The second kappa shape index (κ2) is 31.1. The number of carbonyl (C=O) groups excluding carboxylic acids is 2. The number of aliphatic hydroxyl groups is 1. The average Bonchev–Trinajstić information content (AvgIpc) is 2.99. The van der Waals surface area contributed by atoms with Crippen LogP contribution in [0.4, 0.5) is 0 Å². The van der Waals surface area contributed by atoms with Gasteiger partial charge in [0, 0.05) is 21.4 Å². The highest BCUT2D eigenvalue weighted by atomic mass is 31.1. The summed E-state index contributed by atoms with van der Waals surface area (Å²) < 4.78 is 0.446. The van der Waals surface area contributed by atoms with Crippen LogP contribution in [0.25, 0.3) is 0 Å². The van der Waals surface area contributed by atoms with Gasteiger partial charge in [-0.15, -0.1) is 0 Å². The Hall–Kier alpha value is -0.570. The molecule has 0 aliphatic carbocycles. The zero-order chi connectivity index (χ0) is 32.7. The maximum atomic E-state index is 12.9. The highest BCUT2D eigenvalue weighted by Crippen LogP contribution is 2.32. The van der Waals surface area contributed by atoms with Crippen molar-refractivity contribution in [2.75, 3.05) is 21.1 Å². The largest absolute Gasteiger partial charge is 0.379 e. The van der Waals surface area contributed by atoms with Gasteiger partial charge < -0.3 is 9.59 Å². The van der Waals surface area contributed by atoms with Crippen LogP contribution in [0.3, 0.4) is 0 Å². The van der Waals surface area contributed by atoms with Crippen LogP contribution in [0.15, 0.2) is 12.2 Å². The number of nitrogens with zero attached hydrogens (tertiary/aromatic N) is 1.